The number of aromatic hydroxyl groups is 1. The summed E-state index contributed by atoms with van der Waals surface area (Å²) in [5.41, 5.74) is 3.32. The van der Waals surface area contributed by atoms with Gasteiger partial charge >= 0.3 is 0 Å². The molecule has 116 valence electrons. The molecule has 0 spiro atoms. The molecule has 0 atom stereocenters. The molecule has 0 aromatic heterocycles. The van der Waals surface area contributed by atoms with Gasteiger partial charge in [0.2, 0.25) is 11.7 Å². The van der Waals surface area contributed by atoms with Crippen molar-refractivity contribution in [3.8, 4) is 17.2 Å². The van der Waals surface area contributed by atoms with Crippen LogP contribution in [-0.2, 0) is 16.1 Å². The van der Waals surface area contributed by atoms with Gasteiger partial charge in [-0.1, -0.05) is 0 Å². The Hall–Kier alpha value is -1.95. The Morgan fingerprint density at radius 2 is 1.90 bits per heavy atom. The van der Waals surface area contributed by atoms with Gasteiger partial charge in [-0.3, -0.25) is 9.63 Å². The van der Waals surface area contributed by atoms with Gasteiger partial charge in [0, 0.05) is 6.42 Å². The molecule has 2 rings (SSSR count). The number of nitrogens with one attached hydrogen (secondary N) is 1. The van der Waals surface area contributed by atoms with Crippen LogP contribution in [0.4, 0.5) is 0 Å². The molecule has 1 saturated carbocycles. The Labute approximate surface area is 124 Å². The van der Waals surface area contributed by atoms with E-state index in [1.165, 1.54) is 14.2 Å². The fourth-order valence-corrected chi connectivity index (χ4v) is 2.04. The number of rotatable bonds is 7. The smallest absolute Gasteiger partial charge is 0.243 e. The van der Waals surface area contributed by atoms with Crippen LogP contribution in [0.25, 0.3) is 0 Å². The monoisotopic (exact) mass is 295 g/mol. The maximum atomic E-state index is 11.7. The molecule has 6 nitrogen and oxygen atoms in total. The SMILES string of the molecule is COc1cc(CCC(=O)NOC2CCC2)cc(OC)c1O. The van der Waals surface area contributed by atoms with E-state index in [0.29, 0.717) is 24.3 Å². The zero-order valence-electron chi connectivity index (χ0n) is 12.3. The third kappa shape index (κ3) is 4.01. The van der Waals surface area contributed by atoms with Crippen LogP contribution >= 0.6 is 0 Å². The van der Waals surface area contributed by atoms with Crippen molar-refractivity contribution in [3.05, 3.63) is 17.7 Å². The summed E-state index contributed by atoms with van der Waals surface area (Å²) in [7, 11) is 2.94. The van der Waals surface area contributed by atoms with Gasteiger partial charge in [0.15, 0.2) is 11.5 Å². The number of carbonyl (C=O) groups excluding carboxylic acids is 1. The van der Waals surface area contributed by atoms with E-state index in [1.807, 2.05) is 0 Å². The van der Waals surface area contributed by atoms with E-state index in [2.05, 4.69) is 5.48 Å². The van der Waals surface area contributed by atoms with E-state index in [9.17, 15) is 9.90 Å². The van der Waals surface area contributed by atoms with Crippen LogP contribution in [0.1, 0.15) is 31.2 Å². The lowest BCUT2D eigenvalue weighted by atomic mass is 9.97. The maximum Gasteiger partial charge on any atom is 0.243 e. The minimum atomic E-state index is -0.159. The minimum absolute atomic E-state index is 0.0403. The predicted molar refractivity (Wildman–Crippen MR) is 76.4 cm³/mol. The number of benzene rings is 1. The molecule has 0 saturated heterocycles. The molecular formula is C15H21NO5. The first-order valence-electron chi connectivity index (χ1n) is 7.02. The van der Waals surface area contributed by atoms with Crippen molar-refractivity contribution in [1.82, 2.24) is 5.48 Å². The molecule has 0 heterocycles. The molecule has 1 fully saturated rings. The highest BCUT2D eigenvalue weighted by Gasteiger charge is 2.19. The number of aryl methyl sites for hydroxylation is 1. The van der Waals surface area contributed by atoms with Gasteiger partial charge in [-0.2, -0.15) is 0 Å². The van der Waals surface area contributed by atoms with Gasteiger partial charge < -0.3 is 14.6 Å². The Morgan fingerprint density at radius 3 is 2.38 bits per heavy atom. The van der Waals surface area contributed by atoms with E-state index >= 15 is 0 Å². The average Bonchev–Trinajstić information content (AvgIpc) is 2.44. The molecule has 0 unspecified atom stereocenters. The van der Waals surface area contributed by atoms with Crippen LogP contribution in [0.2, 0.25) is 0 Å². The number of phenolic OH excluding ortho intramolecular Hbond substituents is 1. The molecule has 2 N–H and O–H groups in total. The number of amides is 1. The molecule has 0 radical (unpaired) electrons. The fraction of sp³-hybridized carbons (Fsp3) is 0.533. The number of hydroxylamine groups is 1. The van der Waals surface area contributed by atoms with Crippen LogP contribution < -0.4 is 15.0 Å². The summed E-state index contributed by atoms with van der Waals surface area (Å²) in [6, 6.07) is 3.38. The first kappa shape index (κ1) is 15.4. The highest BCUT2D eigenvalue weighted by molar-refractivity contribution is 5.75. The Morgan fingerprint density at radius 1 is 1.29 bits per heavy atom. The molecule has 1 aromatic rings. The molecular weight excluding hydrogens is 274 g/mol. The van der Waals surface area contributed by atoms with E-state index < -0.39 is 0 Å². The number of methoxy groups -OCH3 is 2. The van der Waals surface area contributed by atoms with Crippen molar-refractivity contribution in [2.45, 2.75) is 38.2 Å². The summed E-state index contributed by atoms with van der Waals surface area (Å²) in [5, 5.41) is 9.82. The largest absolute Gasteiger partial charge is 0.502 e. The summed E-state index contributed by atoms with van der Waals surface area (Å²) >= 11 is 0. The maximum absolute atomic E-state index is 11.7. The summed E-state index contributed by atoms with van der Waals surface area (Å²) in [6.07, 6.45) is 4.15. The summed E-state index contributed by atoms with van der Waals surface area (Å²) in [6.45, 7) is 0. The molecule has 0 aliphatic heterocycles. The average molecular weight is 295 g/mol. The van der Waals surface area contributed by atoms with E-state index in [-0.39, 0.29) is 17.8 Å². The van der Waals surface area contributed by atoms with Gasteiger partial charge in [0.1, 0.15) is 0 Å². The van der Waals surface area contributed by atoms with E-state index in [0.717, 1.165) is 24.8 Å². The first-order chi connectivity index (χ1) is 10.1. The van der Waals surface area contributed by atoms with Crippen LogP contribution in [0.15, 0.2) is 12.1 Å². The topological polar surface area (TPSA) is 77.0 Å². The molecule has 1 aliphatic rings. The number of hydrogen-bond donors (Lipinski definition) is 2. The summed E-state index contributed by atoms with van der Waals surface area (Å²) in [4.78, 5) is 16.9. The molecule has 6 heteroatoms. The minimum Gasteiger partial charge on any atom is -0.502 e. The number of phenols is 1. The van der Waals surface area contributed by atoms with E-state index in [4.69, 9.17) is 14.3 Å². The number of ether oxygens (including phenoxy) is 2. The van der Waals surface area contributed by atoms with Crippen LogP contribution in [0.5, 0.6) is 17.2 Å². The van der Waals surface area contributed by atoms with Crippen LogP contribution in [0, 0.1) is 0 Å². The van der Waals surface area contributed by atoms with Crippen molar-refractivity contribution in [3.63, 3.8) is 0 Å². The van der Waals surface area contributed by atoms with Crippen molar-refractivity contribution in [1.29, 1.82) is 0 Å². The third-order valence-electron chi connectivity index (χ3n) is 3.57. The molecule has 21 heavy (non-hydrogen) atoms. The predicted octanol–water partition coefficient (Wildman–Crippen LogP) is 1.94. The van der Waals surface area contributed by atoms with Gasteiger partial charge in [-0.05, 0) is 43.4 Å². The molecule has 1 aliphatic carbocycles. The van der Waals surface area contributed by atoms with Crippen molar-refractivity contribution < 1.29 is 24.2 Å². The quantitative estimate of drug-likeness (QED) is 0.752. The first-order valence-corrected chi connectivity index (χ1v) is 7.02. The zero-order valence-corrected chi connectivity index (χ0v) is 12.3. The molecule has 1 aromatic carbocycles. The lowest BCUT2D eigenvalue weighted by Crippen LogP contribution is -2.33. The van der Waals surface area contributed by atoms with Crippen molar-refractivity contribution >= 4 is 5.91 Å². The number of carbonyl (C=O) groups is 1. The Balaban J connectivity index is 1.88. The lowest BCUT2D eigenvalue weighted by Gasteiger charge is -2.24. The Bertz CT molecular complexity index is 474. The third-order valence-corrected chi connectivity index (χ3v) is 3.57. The van der Waals surface area contributed by atoms with Crippen LogP contribution in [0.3, 0.4) is 0 Å². The normalized spacial score (nSPS) is 14.4. The van der Waals surface area contributed by atoms with Gasteiger partial charge in [-0.15, -0.1) is 0 Å². The summed E-state index contributed by atoms with van der Waals surface area (Å²) < 4.78 is 10.2. The molecule has 1 amide bonds. The van der Waals surface area contributed by atoms with Crippen molar-refractivity contribution in [2.24, 2.45) is 0 Å². The van der Waals surface area contributed by atoms with Gasteiger partial charge in [-0.25, -0.2) is 5.48 Å². The van der Waals surface area contributed by atoms with Gasteiger partial charge in [0.25, 0.3) is 0 Å². The van der Waals surface area contributed by atoms with Crippen LogP contribution in [-0.4, -0.2) is 31.3 Å². The lowest BCUT2D eigenvalue weighted by molar-refractivity contribution is -0.142. The second-order valence-electron chi connectivity index (χ2n) is 5.04. The number of hydrogen-bond acceptors (Lipinski definition) is 5. The van der Waals surface area contributed by atoms with Gasteiger partial charge in [0.05, 0.1) is 20.3 Å². The standard InChI is InChI=1S/C15H21NO5/c1-19-12-8-10(9-13(20-2)15(12)18)6-7-14(17)16-21-11-4-3-5-11/h8-9,11,18H,3-7H2,1-2H3,(H,16,17). The van der Waals surface area contributed by atoms with E-state index in [1.54, 1.807) is 12.1 Å². The zero-order chi connectivity index (χ0) is 15.2. The second kappa shape index (κ2) is 7.17. The second-order valence-corrected chi connectivity index (χ2v) is 5.04. The van der Waals surface area contributed by atoms with Crippen molar-refractivity contribution in [2.75, 3.05) is 14.2 Å². The summed E-state index contributed by atoms with van der Waals surface area (Å²) in [5.74, 6) is 0.459. The Kier molecular flexibility index (Phi) is 5.27. The molecule has 0 bridgehead atoms. The highest BCUT2D eigenvalue weighted by atomic mass is 16.7. The fourth-order valence-electron chi connectivity index (χ4n) is 2.04. The highest BCUT2D eigenvalue weighted by Crippen LogP contribution is 2.37.